The molecule has 2 aromatic heterocycles. The van der Waals surface area contributed by atoms with Crippen LogP contribution in [-0.4, -0.2) is 196 Å². The number of likely N-dealkylation sites (tertiary alicyclic amines) is 1. The van der Waals surface area contributed by atoms with Crippen LogP contribution < -0.4 is 44.3 Å². The van der Waals surface area contributed by atoms with Crippen molar-refractivity contribution in [2.24, 2.45) is 11.8 Å². The average Bonchev–Trinajstić information content (AvgIpc) is 1.57. The third-order valence-corrected chi connectivity index (χ3v) is 24.4. The molecule has 0 spiro atoms. The van der Waals surface area contributed by atoms with Crippen LogP contribution >= 0.6 is 0 Å². The minimum absolute atomic E-state index is 0. The Labute approximate surface area is 642 Å². The summed E-state index contributed by atoms with van der Waals surface area (Å²) >= 11 is 0. The molecule has 6 unspecified atom stereocenters. The van der Waals surface area contributed by atoms with E-state index in [-0.39, 0.29) is 50.6 Å². The highest BCUT2D eigenvalue weighted by Gasteiger charge is 2.63. The minimum Gasteiger partial charge on any atom is -0.497 e. The number of nitrogens with one attached hydrogen (secondary N) is 5. The second-order valence-corrected chi connectivity index (χ2v) is 32.9. The molecule has 4 saturated carbocycles. The molecule has 4 heterocycles. The molecular formula is C83H96N10O15S2. The molecule has 6 fully saturated rings. The molecule has 10 atom stereocenters. The van der Waals surface area contributed by atoms with Gasteiger partial charge in [-0.2, -0.15) is 0 Å². The van der Waals surface area contributed by atoms with E-state index in [9.17, 15) is 45.6 Å². The summed E-state index contributed by atoms with van der Waals surface area (Å²) in [5, 5.41) is 18.2. The van der Waals surface area contributed by atoms with Gasteiger partial charge in [0.15, 0.2) is 0 Å². The van der Waals surface area contributed by atoms with Gasteiger partial charge < -0.3 is 44.9 Å². The number of likely N-dealkylation sites (N-methyl/N-ethyl adjacent to an activating group) is 2. The lowest BCUT2D eigenvalue weighted by Gasteiger charge is -2.32. The van der Waals surface area contributed by atoms with Crippen molar-refractivity contribution in [3.63, 3.8) is 0 Å². The van der Waals surface area contributed by atoms with E-state index in [4.69, 9.17) is 34.0 Å². The Morgan fingerprint density at radius 1 is 0.582 bits per heavy atom. The van der Waals surface area contributed by atoms with Crippen LogP contribution in [0, 0.1) is 11.8 Å². The first-order valence-electron chi connectivity index (χ1n) is 36.4. The smallest absolute Gasteiger partial charge is 0.321 e. The number of carboxylic acid groups (broad SMARTS) is 1. The number of benzene rings is 6. The number of aliphatic carboxylic acids is 1. The number of ether oxygens (including phenoxy) is 4. The number of carbonyl (C=O) groups is 6. The predicted molar refractivity (Wildman–Crippen MR) is 421 cm³/mol. The molecule has 27 heteroatoms. The van der Waals surface area contributed by atoms with Gasteiger partial charge in [-0.15, -0.1) is 13.2 Å². The van der Waals surface area contributed by atoms with Crippen molar-refractivity contribution >= 4 is 77.4 Å². The summed E-state index contributed by atoms with van der Waals surface area (Å²) in [6.45, 7) is 8.07. The molecule has 4 aliphatic carbocycles. The van der Waals surface area contributed by atoms with E-state index in [1.807, 2.05) is 189 Å². The fourth-order valence-corrected chi connectivity index (χ4v) is 16.7. The van der Waals surface area contributed by atoms with Gasteiger partial charge in [0.05, 0.1) is 65.8 Å². The number of rotatable bonds is 28. The fraction of sp³-hybridized carbons (Fsp3) is 0.373. The van der Waals surface area contributed by atoms with Crippen molar-refractivity contribution in [2.45, 2.75) is 130 Å². The summed E-state index contributed by atoms with van der Waals surface area (Å²) < 4.78 is 78.7. The van der Waals surface area contributed by atoms with Crippen molar-refractivity contribution in [1.29, 1.82) is 0 Å². The molecular weight excluding hydrogens is 1440 g/mol. The zero-order valence-corrected chi connectivity index (χ0v) is 63.3. The molecule has 0 radical (unpaired) electrons. The molecule has 6 aromatic carbocycles. The van der Waals surface area contributed by atoms with E-state index in [1.165, 1.54) is 4.90 Å². The van der Waals surface area contributed by atoms with Gasteiger partial charge in [0.1, 0.15) is 58.4 Å². The zero-order valence-electron chi connectivity index (χ0n) is 61.7. The number of aromatic nitrogens is 2. The highest BCUT2D eigenvalue weighted by atomic mass is 32.2. The van der Waals surface area contributed by atoms with Gasteiger partial charge >= 0.3 is 5.97 Å². The molecule has 580 valence electrons. The number of carbonyl (C=O) groups excluding carboxylic acids is 5. The van der Waals surface area contributed by atoms with E-state index < -0.39 is 102 Å². The van der Waals surface area contributed by atoms with Crippen LogP contribution in [0.3, 0.4) is 0 Å². The van der Waals surface area contributed by atoms with E-state index in [1.54, 1.807) is 45.4 Å². The number of hydrogen-bond acceptors (Lipinski definition) is 19. The first-order chi connectivity index (χ1) is 52.2. The van der Waals surface area contributed by atoms with Gasteiger partial charge in [-0.25, -0.2) is 26.8 Å². The average molecular weight is 1540 g/mol. The van der Waals surface area contributed by atoms with Crippen molar-refractivity contribution in [2.75, 3.05) is 55.5 Å². The summed E-state index contributed by atoms with van der Waals surface area (Å²) in [6, 6.07) is 51.0. The van der Waals surface area contributed by atoms with Crippen LogP contribution in [0.25, 0.3) is 44.3 Å². The van der Waals surface area contributed by atoms with Gasteiger partial charge in [0.2, 0.25) is 37.8 Å². The van der Waals surface area contributed by atoms with Gasteiger partial charge in [0.25, 0.3) is 11.8 Å². The highest BCUT2D eigenvalue weighted by Crippen LogP contribution is 2.47. The Balaban J connectivity index is 0.000000188. The normalized spacial score (nSPS) is 22.2. The third kappa shape index (κ3) is 18.6. The number of sulfonamides is 2. The summed E-state index contributed by atoms with van der Waals surface area (Å²) in [6.07, 6.45) is 6.15. The minimum atomic E-state index is -3.87. The maximum absolute atomic E-state index is 14.6. The lowest BCUT2D eigenvalue weighted by molar-refractivity contribution is -0.143. The number of hydrogen-bond donors (Lipinski definition) is 6. The van der Waals surface area contributed by atoms with Gasteiger partial charge in [0, 0.05) is 77.4 Å². The summed E-state index contributed by atoms with van der Waals surface area (Å²) in [5.74, 6) is -1.83. The van der Waals surface area contributed by atoms with E-state index in [0.29, 0.717) is 92.1 Å². The largest absolute Gasteiger partial charge is 0.497 e. The molecule has 14 rings (SSSR count). The van der Waals surface area contributed by atoms with Crippen molar-refractivity contribution in [1.82, 2.24) is 50.1 Å². The molecule has 5 amide bonds. The third-order valence-electron chi connectivity index (χ3n) is 20.8. The predicted octanol–water partition coefficient (Wildman–Crippen LogP) is 8.67. The van der Waals surface area contributed by atoms with Crippen LogP contribution in [0.5, 0.6) is 23.0 Å². The molecule has 6 N–H and O–H groups in total. The zero-order chi connectivity index (χ0) is 77.5. The lowest BCUT2D eigenvalue weighted by Crippen LogP contribution is -2.58. The van der Waals surface area contributed by atoms with Crippen LogP contribution in [0.15, 0.2) is 195 Å². The Hall–Kier alpha value is -10.6. The molecule has 110 heavy (non-hydrogen) atoms. The number of carboxylic acids is 1. The second-order valence-electron chi connectivity index (χ2n) is 29.0. The fourth-order valence-electron chi connectivity index (χ4n) is 13.9. The van der Waals surface area contributed by atoms with Gasteiger partial charge in [-0.1, -0.05) is 141 Å². The number of methoxy groups -OCH3 is 2. The standard InChI is InChI=1S/C41H45N5O7S.C30H32N4O6S.C11H15NO2.CH4/c1-5-28-24-41(28,40(49)44-54(50,51)31-17-18-31)43-38(47)35-22-30(25-46(35)39(48)36(45(2)3)20-26-12-8-6-9-13-26)53-37-23-33(27-14-10-7-11-15-27)42-34-21-29(52-4)16-19-32(34)37;1-3-19-16-30(19,29(36)34-41(37,38)22-10-11-22)33-28(35)26-14-21(17-31-26)40-27-15-24(18-7-5-4-6-8-18)32-25-13-20(39-2)9-12-23(25)27;1-12(2)10(11(13)14)8-9-6-4-3-5-7-9;/h5-16,19,21,23,28,30-31,35-36H,1,17-18,20,22,24-25H2,2-4H3,(H,43,47)(H,44,49);3-9,12-13,15,19,21-22,26,31H,1,10-11,14,16-17H2,2H3,(H,33,35)(H,34,36);3-7,10H,8H2,1-2H3,(H,13,14);1H4/t28?,30?,35?,36-,41+;19?,21?,26?,30-;10-;/m010./s1. The number of fused-ring (bicyclic) bond motifs is 2. The maximum Gasteiger partial charge on any atom is 0.321 e. The quantitative estimate of drug-likeness (QED) is 0.0250. The molecule has 8 aromatic rings. The first-order valence-corrected chi connectivity index (χ1v) is 39.5. The summed E-state index contributed by atoms with van der Waals surface area (Å²) in [5.41, 5.74) is 3.83. The van der Waals surface area contributed by atoms with Crippen molar-refractivity contribution in [3.05, 3.63) is 206 Å². The molecule has 6 aliphatic rings. The van der Waals surface area contributed by atoms with E-state index >= 15 is 0 Å². The number of nitrogens with zero attached hydrogens (tertiary/aromatic N) is 5. The topological polar surface area (TPSA) is 324 Å². The second kappa shape index (κ2) is 34.1. The summed E-state index contributed by atoms with van der Waals surface area (Å²) in [4.78, 5) is 94.5. The Kier molecular flexibility index (Phi) is 25.0. The maximum atomic E-state index is 14.6. The summed E-state index contributed by atoms with van der Waals surface area (Å²) in [7, 11) is 2.80. The van der Waals surface area contributed by atoms with Crippen molar-refractivity contribution in [3.8, 4) is 45.5 Å². The van der Waals surface area contributed by atoms with Crippen LogP contribution in [-0.2, 0) is 61.7 Å². The number of pyridine rings is 2. The van der Waals surface area contributed by atoms with Crippen LogP contribution in [0.2, 0.25) is 0 Å². The van der Waals surface area contributed by atoms with Crippen LogP contribution in [0.4, 0.5) is 0 Å². The highest BCUT2D eigenvalue weighted by molar-refractivity contribution is 7.91. The first kappa shape index (κ1) is 80.4. The SMILES string of the molecule is C.C=CC1C[C@]1(NC(=O)C1CC(Oc2cc(-c3ccccc3)nc3cc(OC)ccc23)CN1)C(=O)NS(=O)(=O)C1CC1.C=CC1C[C@]1(NC(=O)C1CC(Oc2cc(-c3ccccc3)nc3cc(OC)ccc23)CN1C(=O)[C@H](Cc1ccccc1)N(C)C)C(=O)NS(=O)(=O)C1CC1.CN(C)[C@@H](Cc1ccccc1)C(=O)O. The van der Waals surface area contributed by atoms with Gasteiger partial charge in [-0.05, 0) is 115 Å². The monoisotopic (exact) mass is 1540 g/mol. The molecule has 2 aliphatic heterocycles. The Morgan fingerprint density at radius 3 is 1.40 bits per heavy atom. The van der Waals surface area contributed by atoms with E-state index in [0.717, 1.165) is 44.2 Å². The molecule has 25 nitrogen and oxygen atoms in total. The Bertz CT molecular complexity index is 4940. The molecule has 0 bridgehead atoms. The van der Waals surface area contributed by atoms with E-state index in [2.05, 4.69) is 38.6 Å². The van der Waals surface area contributed by atoms with Crippen LogP contribution in [0.1, 0.15) is 69.9 Å². The van der Waals surface area contributed by atoms with Gasteiger partial charge in [-0.3, -0.25) is 48.0 Å². The Morgan fingerprint density at radius 2 is 1.00 bits per heavy atom. The van der Waals surface area contributed by atoms with Crippen molar-refractivity contribution < 1.29 is 69.7 Å². The lowest BCUT2D eigenvalue weighted by atomic mass is 10.0. The number of amides is 5. The molecule has 2 saturated heterocycles.